The van der Waals surface area contributed by atoms with Crippen LogP contribution in [0.3, 0.4) is 0 Å². The Morgan fingerprint density at radius 3 is 2.58 bits per heavy atom. The third-order valence-electron chi connectivity index (χ3n) is 5.69. The summed E-state index contributed by atoms with van der Waals surface area (Å²) in [6, 6.07) is 15.3. The maximum atomic E-state index is 11.9. The highest BCUT2D eigenvalue weighted by molar-refractivity contribution is 5.91. The quantitative estimate of drug-likeness (QED) is 0.343. The number of hydrogen-bond acceptors (Lipinski definition) is 5. The van der Waals surface area contributed by atoms with E-state index in [-0.39, 0.29) is 5.97 Å². The fourth-order valence-electron chi connectivity index (χ4n) is 4.01. The van der Waals surface area contributed by atoms with Crippen molar-refractivity contribution in [1.29, 1.82) is 5.26 Å². The predicted molar refractivity (Wildman–Crippen MR) is 127 cm³/mol. The van der Waals surface area contributed by atoms with Crippen LogP contribution in [-0.2, 0) is 4.74 Å². The average Bonchev–Trinajstić information content (AvgIpc) is 3.36. The number of fused-ring (bicyclic) bond motifs is 1. The lowest BCUT2D eigenvalue weighted by atomic mass is 10.1. The van der Waals surface area contributed by atoms with Gasteiger partial charge >= 0.3 is 5.97 Å². The zero-order valence-electron chi connectivity index (χ0n) is 19.2. The molecule has 2 aromatic heterocycles. The molecule has 0 atom stereocenters. The molecule has 0 unspecified atom stereocenters. The minimum absolute atomic E-state index is 0.365. The number of carbonyl (C=O) groups is 1. The van der Waals surface area contributed by atoms with E-state index in [1.165, 1.54) is 7.11 Å². The van der Waals surface area contributed by atoms with Gasteiger partial charge in [-0.1, -0.05) is 0 Å². The summed E-state index contributed by atoms with van der Waals surface area (Å²) in [5.74, 6) is 0.859. The van der Waals surface area contributed by atoms with Crippen LogP contribution in [0.25, 0.3) is 28.4 Å². The van der Waals surface area contributed by atoms with Crippen molar-refractivity contribution >= 4 is 28.7 Å². The minimum Gasteiger partial charge on any atom is -0.497 e. The van der Waals surface area contributed by atoms with Crippen LogP contribution in [0.4, 0.5) is 0 Å². The molecule has 0 aliphatic heterocycles. The molecule has 33 heavy (non-hydrogen) atoms. The average molecular weight is 441 g/mol. The Kier molecular flexibility index (Phi) is 5.76. The number of allylic oxidation sites excluding steroid dienone is 1. The van der Waals surface area contributed by atoms with E-state index in [4.69, 9.17) is 9.47 Å². The van der Waals surface area contributed by atoms with Crippen LogP contribution in [0.5, 0.6) is 5.75 Å². The molecule has 4 aromatic rings. The molecule has 0 bridgehead atoms. The fraction of sp³-hybridized carbons (Fsp3) is 0.192. The predicted octanol–water partition coefficient (Wildman–Crippen LogP) is 5.14. The van der Waals surface area contributed by atoms with E-state index in [9.17, 15) is 10.1 Å². The maximum absolute atomic E-state index is 11.9. The van der Waals surface area contributed by atoms with Gasteiger partial charge in [-0.3, -0.25) is 0 Å². The van der Waals surface area contributed by atoms with E-state index in [0.717, 1.165) is 45.0 Å². The summed E-state index contributed by atoms with van der Waals surface area (Å²) < 4.78 is 12.2. The summed E-state index contributed by atoms with van der Waals surface area (Å²) in [6.45, 7) is 5.97. The molecule has 0 fully saturated rings. The number of carbonyl (C=O) groups excluding carboxylic acids is 1. The number of nitrogens with zero attached hydrogens (tertiary/aromatic N) is 3. The van der Waals surface area contributed by atoms with Crippen LogP contribution >= 0.6 is 0 Å². The Balaban J connectivity index is 1.76. The first-order valence-electron chi connectivity index (χ1n) is 10.4. The highest BCUT2D eigenvalue weighted by Gasteiger charge is 2.15. The largest absolute Gasteiger partial charge is 0.497 e. The number of methoxy groups -OCH3 is 2. The van der Waals surface area contributed by atoms with Crippen molar-refractivity contribution in [2.75, 3.05) is 14.2 Å². The molecule has 7 heteroatoms. The molecular formula is C26H24N4O3. The summed E-state index contributed by atoms with van der Waals surface area (Å²) in [6.07, 6.45) is 1.84. The summed E-state index contributed by atoms with van der Waals surface area (Å²) in [4.78, 5) is 19.6. The van der Waals surface area contributed by atoms with E-state index < -0.39 is 0 Å². The zero-order valence-corrected chi connectivity index (χ0v) is 19.2. The van der Waals surface area contributed by atoms with E-state index >= 15 is 0 Å². The normalized spacial score (nSPS) is 11.5. The number of imidazole rings is 1. The van der Waals surface area contributed by atoms with Gasteiger partial charge in [-0.25, -0.2) is 9.78 Å². The number of ether oxygens (including phenoxy) is 2. The fourth-order valence-corrected chi connectivity index (χ4v) is 4.01. The number of nitriles is 1. The van der Waals surface area contributed by atoms with Crippen molar-refractivity contribution in [3.05, 3.63) is 76.4 Å². The van der Waals surface area contributed by atoms with Crippen molar-refractivity contribution in [1.82, 2.24) is 14.5 Å². The second-order valence-corrected chi connectivity index (χ2v) is 7.79. The van der Waals surface area contributed by atoms with E-state index in [0.29, 0.717) is 17.0 Å². The second kappa shape index (κ2) is 8.67. The number of aryl methyl sites for hydroxylation is 2. The number of H-pyrrole nitrogens is 1. The molecule has 0 spiro atoms. The summed E-state index contributed by atoms with van der Waals surface area (Å²) >= 11 is 0. The molecule has 1 N–H and O–H groups in total. The number of hydrogen-bond donors (Lipinski definition) is 1. The molecule has 0 saturated carbocycles. The molecule has 0 saturated heterocycles. The third kappa shape index (κ3) is 3.99. The van der Waals surface area contributed by atoms with Crippen molar-refractivity contribution in [3.63, 3.8) is 0 Å². The van der Waals surface area contributed by atoms with Gasteiger partial charge in [0.15, 0.2) is 0 Å². The Hall–Kier alpha value is -4.31. The van der Waals surface area contributed by atoms with Crippen LogP contribution in [0, 0.1) is 32.1 Å². The monoisotopic (exact) mass is 440 g/mol. The van der Waals surface area contributed by atoms with Crippen LogP contribution in [0.2, 0.25) is 0 Å². The SMILES string of the molecule is COC(=O)c1ccc(-n2c(C)cc(/C=C(\C#N)c3nc4ccc(OC)cc4[nH]3)c2C)c(C)c1. The lowest BCUT2D eigenvalue weighted by Crippen LogP contribution is -2.05. The topological polar surface area (TPSA) is 92.9 Å². The Labute approximate surface area is 191 Å². The van der Waals surface area contributed by atoms with Crippen LogP contribution in [0.1, 0.15) is 38.7 Å². The van der Waals surface area contributed by atoms with Crippen molar-refractivity contribution in [2.45, 2.75) is 20.8 Å². The maximum Gasteiger partial charge on any atom is 0.337 e. The van der Waals surface area contributed by atoms with Crippen LogP contribution in [0.15, 0.2) is 42.5 Å². The van der Waals surface area contributed by atoms with Crippen molar-refractivity contribution in [3.8, 4) is 17.5 Å². The van der Waals surface area contributed by atoms with Crippen LogP contribution in [-0.4, -0.2) is 34.7 Å². The number of rotatable bonds is 5. The van der Waals surface area contributed by atoms with Gasteiger partial charge < -0.3 is 19.0 Å². The molecule has 0 aliphatic rings. The highest BCUT2D eigenvalue weighted by atomic mass is 16.5. The first kappa shape index (κ1) is 21.9. The molecule has 7 nitrogen and oxygen atoms in total. The molecule has 4 rings (SSSR count). The first-order chi connectivity index (χ1) is 15.9. The second-order valence-electron chi connectivity index (χ2n) is 7.79. The van der Waals surface area contributed by atoms with E-state index in [1.807, 2.05) is 63.2 Å². The van der Waals surface area contributed by atoms with Gasteiger partial charge in [0.25, 0.3) is 0 Å². The Bertz CT molecular complexity index is 1450. The van der Waals surface area contributed by atoms with E-state index in [2.05, 4.69) is 20.6 Å². The molecule has 2 heterocycles. The summed E-state index contributed by atoms with van der Waals surface area (Å²) in [5.41, 5.74) is 7.33. The lowest BCUT2D eigenvalue weighted by Gasteiger charge is -2.14. The number of nitrogens with one attached hydrogen (secondary N) is 1. The lowest BCUT2D eigenvalue weighted by molar-refractivity contribution is 0.0600. The summed E-state index contributed by atoms with van der Waals surface area (Å²) in [7, 11) is 2.98. The van der Waals surface area contributed by atoms with Gasteiger partial charge in [0.1, 0.15) is 17.6 Å². The zero-order chi connectivity index (χ0) is 23.7. The van der Waals surface area contributed by atoms with Gasteiger partial charge in [-0.2, -0.15) is 5.26 Å². The van der Waals surface area contributed by atoms with Crippen LogP contribution < -0.4 is 4.74 Å². The minimum atomic E-state index is -0.365. The van der Waals surface area contributed by atoms with Gasteiger partial charge in [0.05, 0.1) is 36.4 Å². The Morgan fingerprint density at radius 1 is 1.12 bits per heavy atom. The first-order valence-corrected chi connectivity index (χ1v) is 10.4. The third-order valence-corrected chi connectivity index (χ3v) is 5.69. The standard InChI is InChI=1S/C26H24N4O3/c1-15-10-18(26(31)33-5)6-9-24(15)30-16(2)11-19(17(30)3)12-20(14-27)25-28-22-8-7-21(32-4)13-23(22)29-25/h6-13H,1-5H3,(H,28,29)/b20-12+. The van der Waals surface area contributed by atoms with Crippen molar-refractivity contribution < 1.29 is 14.3 Å². The number of esters is 1. The van der Waals surface area contributed by atoms with E-state index in [1.54, 1.807) is 13.2 Å². The van der Waals surface area contributed by atoms with Crippen molar-refractivity contribution in [2.24, 2.45) is 0 Å². The molecule has 166 valence electrons. The smallest absolute Gasteiger partial charge is 0.337 e. The molecular weight excluding hydrogens is 416 g/mol. The van der Waals surface area contributed by atoms with Gasteiger partial charge in [-0.15, -0.1) is 0 Å². The number of benzene rings is 2. The molecule has 0 aliphatic carbocycles. The van der Waals surface area contributed by atoms with Gasteiger partial charge in [-0.05, 0) is 74.4 Å². The highest BCUT2D eigenvalue weighted by Crippen LogP contribution is 2.28. The van der Waals surface area contributed by atoms with Gasteiger partial charge in [0.2, 0.25) is 0 Å². The molecule has 0 radical (unpaired) electrons. The molecule has 2 aromatic carbocycles. The van der Waals surface area contributed by atoms with Gasteiger partial charge in [0, 0.05) is 23.1 Å². The summed E-state index contributed by atoms with van der Waals surface area (Å²) in [5, 5.41) is 9.85. The number of aromatic amines is 1. The molecule has 0 amide bonds. The Morgan fingerprint density at radius 2 is 1.91 bits per heavy atom. The number of aromatic nitrogens is 3.